The SMILES string of the molecule is O=c1oc2c3c(ccc2c2c1CCC2)OC[NH+](CCC[NH+]1CCOCC1)C3. The Bertz CT molecular complexity index is 901. The zero-order chi connectivity index (χ0) is 18.2. The summed E-state index contributed by atoms with van der Waals surface area (Å²) in [6, 6.07) is 4.14. The fourth-order valence-electron chi connectivity index (χ4n) is 4.83. The van der Waals surface area contributed by atoms with E-state index in [1.165, 1.54) is 23.4 Å². The van der Waals surface area contributed by atoms with Crippen molar-refractivity contribution >= 4 is 11.0 Å². The van der Waals surface area contributed by atoms with Crippen molar-refractivity contribution in [2.75, 3.05) is 46.1 Å². The maximum absolute atomic E-state index is 12.4. The Hall–Kier alpha value is -1.89. The summed E-state index contributed by atoms with van der Waals surface area (Å²) in [6.07, 6.45) is 4.06. The largest absolute Gasteiger partial charge is 0.445 e. The standard InChI is InChI=1S/C21H26N2O4/c24-21-17-4-1-3-15(17)16-5-6-19-18(20(16)27-21)13-23(14-26-19)8-2-7-22-9-11-25-12-10-22/h5-6H,1-4,7-14H2/p+2. The molecule has 0 saturated carbocycles. The molecule has 2 aromatic rings. The molecular weight excluding hydrogens is 344 g/mol. The quantitative estimate of drug-likeness (QED) is 0.699. The van der Waals surface area contributed by atoms with E-state index >= 15 is 0 Å². The molecule has 1 aromatic heterocycles. The molecule has 27 heavy (non-hydrogen) atoms. The molecule has 3 heterocycles. The number of ether oxygens (including phenoxy) is 2. The van der Waals surface area contributed by atoms with Gasteiger partial charge in [0.1, 0.15) is 25.4 Å². The van der Waals surface area contributed by atoms with E-state index < -0.39 is 0 Å². The summed E-state index contributed by atoms with van der Waals surface area (Å²) >= 11 is 0. The first kappa shape index (κ1) is 17.2. The van der Waals surface area contributed by atoms with Crippen LogP contribution in [0.15, 0.2) is 21.3 Å². The fraction of sp³-hybridized carbons (Fsp3) is 0.571. The number of fused-ring (bicyclic) bond motifs is 5. The Morgan fingerprint density at radius 1 is 0.963 bits per heavy atom. The lowest BCUT2D eigenvalue weighted by Gasteiger charge is -2.28. The van der Waals surface area contributed by atoms with Crippen LogP contribution in [0.3, 0.4) is 0 Å². The van der Waals surface area contributed by atoms with E-state index in [9.17, 15) is 4.79 Å². The molecule has 1 unspecified atom stereocenters. The summed E-state index contributed by atoms with van der Waals surface area (Å²) in [5, 5.41) is 1.11. The smallest absolute Gasteiger partial charge is 0.339 e. The average Bonchev–Trinajstić information content (AvgIpc) is 3.20. The maximum atomic E-state index is 12.4. The summed E-state index contributed by atoms with van der Waals surface area (Å²) in [7, 11) is 0. The van der Waals surface area contributed by atoms with Crippen LogP contribution in [0.25, 0.3) is 11.0 Å². The molecule has 1 saturated heterocycles. The van der Waals surface area contributed by atoms with Crippen LogP contribution in [0, 0.1) is 0 Å². The third-order valence-corrected chi connectivity index (χ3v) is 6.32. The number of nitrogens with one attached hydrogen (secondary N) is 2. The first-order valence-corrected chi connectivity index (χ1v) is 10.3. The highest BCUT2D eigenvalue weighted by molar-refractivity contribution is 5.86. The van der Waals surface area contributed by atoms with Crippen molar-refractivity contribution in [3.05, 3.63) is 39.2 Å². The third kappa shape index (κ3) is 3.26. The predicted octanol–water partition coefficient (Wildman–Crippen LogP) is -0.678. The number of rotatable bonds is 4. The number of morpholine rings is 1. The van der Waals surface area contributed by atoms with E-state index in [0.29, 0.717) is 6.73 Å². The minimum Gasteiger partial charge on any atom is -0.445 e. The zero-order valence-electron chi connectivity index (χ0n) is 15.8. The van der Waals surface area contributed by atoms with Crippen molar-refractivity contribution in [2.45, 2.75) is 32.2 Å². The van der Waals surface area contributed by atoms with Crippen molar-refractivity contribution in [1.82, 2.24) is 0 Å². The molecule has 6 nitrogen and oxygen atoms in total. The van der Waals surface area contributed by atoms with Crippen LogP contribution in [-0.4, -0.2) is 46.1 Å². The number of hydrogen-bond acceptors (Lipinski definition) is 4. The Labute approximate surface area is 158 Å². The molecule has 0 amide bonds. The van der Waals surface area contributed by atoms with Gasteiger partial charge in [0.2, 0.25) is 6.73 Å². The van der Waals surface area contributed by atoms with E-state index in [2.05, 4.69) is 12.1 Å². The Morgan fingerprint density at radius 3 is 2.67 bits per heavy atom. The second-order valence-corrected chi connectivity index (χ2v) is 8.05. The van der Waals surface area contributed by atoms with Gasteiger partial charge in [-0.05, 0) is 37.0 Å². The molecule has 1 atom stereocenters. The van der Waals surface area contributed by atoms with Gasteiger partial charge in [-0.3, -0.25) is 4.90 Å². The molecule has 1 aromatic carbocycles. The summed E-state index contributed by atoms with van der Waals surface area (Å²) in [5.41, 5.74) is 3.77. The van der Waals surface area contributed by atoms with E-state index in [0.717, 1.165) is 86.5 Å². The molecule has 1 aliphatic carbocycles. The number of aryl methyl sites for hydroxylation is 1. The van der Waals surface area contributed by atoms with Gasteiger partial charge in [0, 0.05) is 17.4 Å². The van der Waals surface area contributed by atoms with E-state index in [1.807, 2.05) is 0 Å². The van der Waals surface area contributed by atoms with Crippen LogP contribution in [0.2, 0.25) is 0 Å². The summed E-state index contributed by atoms with van der Waals surface area (Å²) < 4.78 is 17.2. The van der Waals surface area contributed by atoms with Crippen molar-refractivity contribution in [2.24, 2.45) is 0 Å². The highest BCUT2D eigenvalue weighted by Gasteiger charge is 2.27. The number of quaternary nitrogens is 2. The number of benzene rings is 1. The molecular formula is C21H28N2O4+2. The molecule has 0 radical (unpaired) electrons. The summed E-state index contributed by atoms with van der Waals surface area (Å²) in [4.78, 5) is 15.5. The third-order valence-electron chi connectivity index (χ3n) is 6.32. The molecule has 5 rings (SSSR count). The number of hydrogen-bond donors (Lipinski definition) is 2. The van der Waals surface area contributed by atoms with Crippen LogP contribution < -0.4 is 20.2 Å². The lowest BCUT2D eigenvalue weighted by molar-refractivity contribution is -0.942. The lowest BCUT2D eigenvalue weighted by atomic mass is 10.0. The van der Waals surface area contributed by atoms with Gasteiger partial charge in [0.05, 0.1) is 31.9 Å². The highest BCUT2D eigenvalue weighted by Crippen LogP contribution is 2.33. The van der Waals surface area contributed by atoms with Gasteiger partial charge in [0.15, 0.2) is 5.58 Å². The van der Waals surface area contributed by atoms with Gasteiger partial charge in [-0.2, -0.15) is 0 Å². The molecule has 3 aliphatic rings. The first-order chi connectivity index (χ1) is 13.3. The van der Waals surface area contributed by atoms with Crippen molar-refractivity contribution < 1.29 is 23.7 Å². The Morgan fingerprint density at radius 2 is 1.78 bits per heavy atom. The van der Waals surface area contributed by atoms with Crippen molar-refractivity contribution in [3.63, 3.8) is 0 Å². The zero-order valence-corrected chi connectivity index (χ0v) is 15.8. The van der Waals surface area contributed by atoms with Crippen LogP contribution >= 0.6 is 0 Å². The molecule has 1 fully saturated rings. The Kier molecular flexibility index (Phi) is 4.63. The van der Waals surface area contributed by atoms with Gasteiger partial charge in [-0.1, -0.05) is 0 Å². The fourth-order valence-corrected chi connectivity index (χ4v) is 4.83. The van der Waals surface area contributed by atoms with E-state index in [1.54, 1.807) is 4.90 Å². The lowest BCUT2D eigenvalue weighted by Crippen LogP contribution is -3.16. The maximum Gasteiger partial charge on any atom is 0.339 e. The van der Waals surface area contributed by atoms with Gasteiger partial charge in [-0.15, -0.1) is 0 Å². The van der Waals surface area contributed by atoms with Gasteiger partial charge >= 0.3 is 5.63 Å². The molecule has 0 bridgehead atoms. The molecule has 144 valence electrons. The predicted molar refractivity (Wildman–Crippen MR) is 101 cm³/mol. The van der Waals surface area contributed by atoms with Gasteiger partial charge in [0.25, 0.3) is 0 Å². The van der Waals surface area contributed by atoms with Crippen LogP contribution in [-0.2, 0) is 24.1 Å². The van der Waals surface area contributed by atoms with Crippen LogP contribution in [0.1, 0.15) is 29.5 Å². The molecule has 2 aliphatic heterocycles. The average molecular weight is 372 g/mol. The van der Waals surface area contributed by atoms with E-state index in [-0.39, 0.29) is 5.63 Å². The topological polar surface area (TPSA) is 57.5 Å². The van der Waals surface area contributed by atoms with Crippen LogP contribution in [0.4, 0.5) is 0 Å². The van der Waals surface area contributed by atoms with Crippen LogP contribution in [0.5, 0.6) is 5.75 Å². The monoisotopic (exact) mass is 372 g/mol. The minimum atomic E-state index is -0.147. The van der Waals surface area contributed by atoms with Gasteiger partial charge in [-0.25, -0.2) is 4.79 Å². The summed E-state index contributed by atoms with van der Waals surface area (Å²) in [6.45, 7) is 7.84. The first-order valence-electron chi connectivity index (χ1n) is 10.3. The normalized spacial score (nSPS) is 22.4. The highest BCUT2D eigenvalue weighted by atomic mass is 16.5. The molecule has 0 spiro atoms. The van der Waals surface area contributed by atoms with Crippen molar-refractivity contribution in [1.29, 1.82) is 0 Å². The molecule has 2 N–H and O–H groups in total. The minimum absolute atomic E-state index is 0.147. The van der Waals surface area contributed by atoms with Gasteiger partial charge < -0.3 is 18.8 Å². The second-order valence-electron chi connectivity index (χ2n) is 8.05. The summed E-state index contributed by atoms with van der Waals surface area (Å²) in [5.74, 6) is 0.881. The second kappa shape index (κ2) is 7.26. The Balaban J connectivity index is 1.34. The molecule has 6 heteroatoms. The van der Waals surface area contributed by atoms with E-state index in [4.69, 9.17) is 13.9 Å². The van der Waals surface area contributed by atoms with Crippen molar-refractivity contribution in [3.8, 4) is 5.75 Å².